The van der Waals surface area contributed by atoms with Crippen LogP contribution in [0.2, 0.25) is 0 Å². The number of likely N-dealkylation sites (tertiary alicyclic amines) is 1. The molecule has 23 heavy (non-hydrogen) atoms. The molecule has 3 aliphatic rings. The summed E-state index contributed by atoms with van der Waals surface area (Å²) >= 11 is 0. The van der Waals surface area contributed by atoms with Crippen LogP contribution < -0.4 is 0 Å². The van der Waals surface area contributed by atoms with E-state index in [-0.39, 0.29) is 12.0 Å². The largest absolute Gasteiger partial charge is 0.368 e. The van der Waals surface area contributed by atoms with Crippen molar-refractivity contribution in [3.8, 4) is 0 Å². The molecule has 0 N–H and O–H groups in total. The topological polar surface area (TPSA) is 45.7 Å². The Bertz CT molecular complexity index is 534. The van der Waals surface area contributed by atoms with Crippen molar-refractivity contribution in [2.24, 2.45) is 5.92 Å². The van der Waals surface area contributed by atoms with E-state index in [9.17, 15) is 4.79 Å². The first-order chi connectivity index (χ1) is 11.3. The Hall–Kier alpha value is -1.46. The highest BCUT2D eigenvalue weighted by atomic mass is 16.5. The number of aromatic nitrogens is 1. The molecule has 1 aliphatic carbocycles. The fraction of sp³-hybridized carbons (Fsp3) is 0.667. The van der Waals surface area contributed by atoms with Gasteiger partial charge in [-0.1, -0.05) is 0 Å². The highest BCUT2D eigenvalue weighted by Gasteiger charge is 2.40. The Kier molecular flexibility index (Phi) is 4.31. The third-order valence-corrected chi connectivity index (χ3v) is 5.22. The van der Waals surface area contributed by atoms with E-state index < -0.39 is 0 Å². The molecule has 1 atom stereocenters. The first kappa shape index (κ1) is 15.1. The molecule has 1 aromatic rings. The quantitative estimate of drug-likeness (QED) is 0.801. The Morgan fingerprint density at radius 2 is 2.04 bits per heavy atom. The maximum atomic E-state index is 12.4. The molecule has 0 aromatic carbocycles. The summed E-state index contributed by atoms with van der Waals surface area (Å²) < 4.78 is 5.53. The van der Waals surface area contributed by atoms with E-state index in [0.717, 1.165) is 51.5 Å². The first-order valence-electron chi connectivity index (χ1n) is 8.83. The second-order valence-corrected chi connectivity index (χ2v) is 7.13. The Morgan fingerprint density at radius 1 is 1.26 bits per heavy atom. The van der Waals surface area contributed by atoms with Gasteiger partial charge in [-0.15, -0.1) is 0 Å². The monoisotopic (exact) mass is 315 g/mol. The molecule has 124 valence electrons. The summed E-state index contributed by atoms with van der Waals surface area (Å²) in [6.07, 6.45) is 8.17. The van der Waals surface area contributed by atoms with Crippen LogP contribution in [0.5, 0.6) is 0 Å². The van der Waals surface area contributed by atoms with Crippen molar-refractivity contribution in [1.82, 2.24) is 14.8 Å². The van der Waals surface area contributed by atoms with Gasteiger partial charge in [-0.3, -0.25) is 14.7 Å². The van der Waals surface area contributed by atoms with E-state index in [1.807, 2.05) is 17.3 Å². The minimum Gasteiger partial charge on any atom is -0.368 e. The molecular weight excluding hydrogens is 290 g/mol. The molecule has 0 bridgehead atoms. The predicted octanol–water partition coefficient (Wildman–Crippen LogP) is 1.68. The summed E-state index contributed by atoms with van der Waals surface area (Å²) in [5.41, 5.74) is 1.31. The molecule has 3 heterocycles. The molecule has 1 unspecified atom stereocenters. The third-order valence-electron chi connectivity index (χ3n) is 5.22. The van der Waals surface area contributed by atoms with Crippen LogP contribution in [0.4, 0.5) is 0 Å². The van der Waals surface area contributed by atoms with Crippen molar-refractivity contribution in [2.45, 2.75) is 44.4 Å². The maximum Gasteiger partial charge on any atom is 0.251 e. The fourth-order valence-electron chi connectivity index (χ4n) is 3.54. The summed E-state index contributed by atoms with van der Waals surface area (Å²) in [7, 11) is 0. The van der Waals surface area contributed by atoms with Crippen molar-refractivity contribution in [3.05, 3.63) is 30.1 Å². The fourth-order valence-corrected chi connectivity index (χ4v) is 3.54. The minimum atomic E-state index is -0.173. The predicted molar refractivity (Wildman–Crippen MR) is 86.7 cm³/mol. The van der Waals surface area contributed by atoms with Gasteiger partial charge in [0.05, 0.1) is 0 Å². The van der Waals surface area contributed by atoms with E-state index in [1.165, 1.54) is 18.4 Å². The molecule has 1 aromatic heterocycles. The number of rotatable bonds is 6. The van der Waals surface area contributed by atoms with Gasteiger partial charge >= 0.3 is 0 Å². The molecule has 1 amide bonds. The number of ether oxygens (including phenoxy) is 1. The lowest BCUT2D eigenvalue weighted by Crippen LogP contribution is -2.62. The zero-order chi connectivity index (χ0) is 15.6. The standard InChI is InChI=1S/C18H25N3O2/c22-18(17-2-1-9-23-17)21-12-16(13-21)20(10-14-3-4-14)11-15-5-7-19-8-6-15/h5-8,14,16-17H,1-4,9-13H2. The van der Waals surface area contributed by atoms with Crippen molar-refractivity contribution in [2.75, 3.05) is 26.2 Å². The highest BCUT2D eigenvalue weighted by Crippen LogP contribution is 2.32. The van der Waals surface area contributed by atoms with Gasteiger partial charge in [-0.05, 0) is 49.3 Å². The van der Waals surface area contributed by atoms with Gasteiger partial charge in [0, 0.05) is 51.2 Å². The first-order valence-corrected chi connectivity index (χ1v) is 8.83. The van der Waals surface area contributed by atoms with Crippen LogP contribution in [-0.2, 0) is 16.1 Å². The van der Waals surface area contributed by atoms with Crippen molar-refractivity contribution in [3.63, 3.8) is 0 Å². The summed E-state index contributed by atoms with van der Waals surface area (Å²) in [5, 5.41) is 0. The molecule has 0 radical (unpaired) electrons. The Morgan fingerprint density at radius 3 is 2.70 bits per heavy atom. The molecule has 0 spiro atoms. The second-order valence-electron chi connectivity index (χ2n) is 7.13. The van der Waals surface area contributed by atoms with Gasteiger partial charge in [0.2, 0.25) is 0 Å². The van der Waals surface area contributed by atoms with Crippen molar-refractivity contribution in [1.29, 1.82) is 0 Å². The highest BCUT2D eigenvalue weighted by molar-refractivity contribution is 5.82. The average Bonchev–Trinajstić information content (AvgIpc) is 3.16. The Labute approximate surface area is 137 Å². The lowest BCUT2D eigenvalue weighted by molar-refractivity contribution is -0.148. The second kappa shape index (κ2) is 6.57. The molecule has 2 saturated heterocycles. The molecule has 5 nitrogen and oxygen atoms in total. The number of carbonyl (C=O) groups excluding carboxylic acids is 1. The van der Waals surface area contributed by atoms with Crippen LogP contribution in [0.15, 0.2) is 24.5 Å². The van der Waals surface area contributed by atoms with E-state index in [0.29, 0.717) is 6.04 Å². The van der Waals surface area contributed by atoms with Gasteiger partial charge in [-0.2, -0.15) is 0 Å². The normalized spacial score (nSPS) is 24.9. The van der Waals surface area contributed by atoms with Crippen molar-refractivity contribution < 1.29 is 9.53 Å². The summed E-state index contributed by atoms with van der Waals surface area (Å²) in [4.78, 5) is 21.0. The smallest absolute Gasteiger partial charge is 0.251 e. The van der Waals surface area contributed by atoms with Gasteiger partial charge in [0.25, 0.3) is 5.91 Å². The van der Waals surface area contributed by atoms with Crippen LogP contribution >= 0.6 is 0 Å². The van der Waals surface area contributed by atoms with Crippen LogP contribution in [0.3, 0.4) is 0 Å². The maximum absolute atomic E-state index is 12.4. The van der Waals surface area contributed by atoms with Gasteiger partial charge < -0.3 is 9.64 Å². The van der Waals surface area contributed by atoms with Crippen LogP contribution in [0.25, 0.3) is 0 Å². The minimum absolute atomic E-state index is 0.173. The van der Waals surface area contributed by atoms with Gasteiger partial charge in [-0.25, -0.2) is 0 Å². The average molecular weight is 315 g/mol. The van der Waals surface area contributed by atoms with E-state index in [4.69, 9.17) is 4.74 Å². The number of hydrogen-bond donors (Lipinski definition) is 0. The molecule has 2 aliphatic heterocycles. The van der Waals surface area contributed by atoms with Crippen molar-refractivity contribution >= 4 is 5.91 Å². The van der Waals surface area contributed by atoms with E-state index in [2.05, 4.69) is 22.0 Å². The molecule has 4 rings (SSSR count). The molecular formula is C18H25N3O2. The zero-order valence-corrected chi connectivity index (χ0v) is 13.6. The summed E-state index contributed by atoms with van der Waals surface area (Å²) in [5.74, 6) is 1.06. The molecule has 1 saturated carbocycles. The van der Waals surface area contributed by atoms with Crippen LogP contribution in [-0.4, -0.2) is 59.1 Å². The SMILES string of the molecule is O=C(C1CCCO1)N1CC(N(Cc2ccncc2)CC2CC2)C1. The molecule has 5 heteroatoms. The number of nitrogens with zero attached hydrogens (tertiary/aromatic N) is 3. The Balaban J connectivity index is 1.33. The number of amides is 1. The third kappa shape index (κ3) is 3.56. The summed E-state index contributed by atoms with van der Waals surface area (Å²) in [6.45, 7) is 4.58. The number of hydrogen-bond acceptors (Lipinski definition) is 4. The number of pyridine rings is 1. The lowest BCUT2D eigenvalue weighted by atomic mass is 10.0. The molecule has 3 fully saturated rings. The zero-order valence-electron chi connectivity index (χ0n) is 13.6. The summed E-state index contributed by atoms with van der Waals surface area (Å²) in [6, 6.07) is 4.68. The number of carbonyl (C=O) groups is 1. The van der Waals surface area contributed by atoms with E-state index >= 15 is 0 Å². The van der Waals surface area contributed by atoms with Gasteiger partial charge in [0.15, 0.2) is 0 Å². The van der Waals surface area contributed by atoms with Crippen LogP contribution in [0.1, 0.15) is 31.2 Å². The van der Waals surface area contributed by atoms with E-state index in [1.54, 1.807) is 0 Å². The van der Waals surface area contributed by atoms with Gasteiger partial charge in [0.1, 0.15) is 6.10 Å². The lowest BCUT2D eigenvalue weighted by Gasteiger charge is -2.46. The van der Waals surface area contributed by atoms with Crippen LogP contribution in [0, 0.1) is 5.92 Å².